The van der Waals surface area contributed by atoms with Crippen LogP contribution in [0.3, 0.4) is 0 Å². The zero-order valence-corrected chi connectivity index (χ0v) is 14.9. The highest BCUT2D eigenvalue weighted by atomic mass is 35.5. The minimum absolute atomic E-state index is 0.198. The Balaban J connectivity index is 1.62. The minimum Gasteiger partial charge on any atom is -0.322 e. The van der Waals surface area contributed by atoms with Crippen molar-refractivity contribution in [3.05, 3.63) is 89.2 Å². The lowest BCUT2D eigenvalue weighted by Crippen LogP contribution is -2.12. The maximum atomic E-state index is 12.5. The molecule has 2 aromatic heterocycles. The lowest BCUT2D eigenvalue weighted by molar-refractivity contribution is 0.102. The highest BCUT2D eigenvalue weighted by molar-refractivity contribution is 6.31. The molecule has 0 saturated carbocycles. The van der Waals surface area contributed by atoms with Crippen molar-refractivity contribution in [2.45, 2.75) is 6.92 Å². The van der Waals surface area contributed by atoms with Crippen LogP contribution >= 0.6 is 11.6 Å². The van der Waals surface area contributed by atoms with Crippen LogP contribution in [-0.4, -0.2) is 15.3 Å². The summed E-state index contributed by atoms with van der Waals surface area (Å²) in [5.41, 5.74) is 4.80. The van der Waals surface area contributed by atoms with Crippen molar-refractivity contribution >= 4 is 28.8 Å². The summed E-state index contributed by atoms with van der Waals surface area (Å²) in [5.74, 6) is -0.198. The molecule has 0 saturated heterocycles. The summed E-state index contributed by atoms with van der Waals surface area (Å²) in [6, 6.07) is 19.0. The number of benzene rings is 2. The summed E-state index contributed by atoms with van der Waals surface area (Å²) >= 11 is 6.12. The van der Waals surface area contributed by atoms with Gasteiger partial charge in [-0.1, -0.05) is 48.0 Å². The van der Waals surface area contributed by atoms with E-state index in [1.165, 1.54) is 0 Å². The van der Waals surface area contributed by atoms with E-state index >= 15 is 0 Å². The molecule has 0 unspecified atom stereocenters. The third-order valence-electron chi connectivity index (χ3n) is 4.22. The van der Waals surface area contributed by atoms with Gasteiger partial charge in [0.1, 0.15) is 5.65 Å². The molecule has 2 heterocycles. The summed E-state index contributed by atoms with van der Waals surface area (Å²) in [4.78, 5) is 17.2. The topological polar surface area (TPSA) is 46.4 Å². The molecule has 4 rings (SSSR count). The van der Waals surface area contributed by atoms with E-state index in [1.807, 2.05) is 66.2 Å². The Morgan fingerprint density at radius 1 is 1.08 bits per heavy atom. The first-order valence-corrected chi connectivity index (χ1v) is 8.60. The standard InChI is InChI=1S/C21H16ClN3O/c1-14-7-8-17(12-18(14)22)23-21(26)16-9-10-25-13-19(24-20(25)11-16)15-5-3-2-4-6-15/h2-13H,1H3,(H,23,26). The molecule has 0 aliphatic heterocycles. The van der Waals surface area contributed by atoms with Gasteiger partial charge in [0.25, 0.3) is 5.91 Å². The first kappa shape index (κ1) is 16.4. The average molecular weight is 362 g/mol. The summed E-state index contributed by atoms with van der Waals surface area (Å²) in [6.45, 7) is 1.92. The fraction of sp³-hybridized carbons (Fsp3) is 0.0476. The highest BCUT2D eigenvalue weighted by Crippen LogP contribution is 2.22. The van der Waals surface area contributed by atoms with Crippen LogP contribution in [0.25, 0.3) is 16.9 Å². The smallest absolute Gasteiger partial charge is 0.255 e. The molecule has 0 spiro atoms. The van der Waals surface area contributed by atoms with Gasteiger partial charge in [0, 0.05) is 34.2 Å². The maximum absolute atomic E-state index is 12.5. The predicted octanol–water partition coefficient (Wildman–Crippen LogP) is 5.22. The molecule has 0 bridgehead atoms. The van der Waals surface area contributed by atoms with Crippen LogP contribution in [0, 0.1) is 6.92 Å². The number of nitrogens with one attached hydrogen (secondary N) is 1. The van der Waals surface area contributed by atoms with Crippen molar-refractivity contribution in [2.75, 3.05) is 5.32 Å². The number of hydrogen-bond acceptors (Lipinski definition) is 2. The summed E-state index contributed by atoms with van der Waals surface area (Å²) in [7, 11) is 0. The minimum atomic E-state index is -0.198. The molecule has 1 N–H and O–H groups in total. The van der Waals surface area contributed by atoms with E-state index in [0.29, 0.717) is 16.3 Å². The van der Waals surface area contributed by atoms with E-state index in [2.05, 4.69) is 10.3 Å². The molecule has 0 aliphatic carbocycles. The quantitative estimate of drug-likeness (QED) is 0.544. The Hall–Kier alpha value is -3.11. The second-order valence-corrected chi connectivity index (χ2v) is 6.50. The number of pyridine rings is 1. The number of hydrogen-bond donors (Lipinski definition) is 1. The zero-order chi connectivity index (χ0) is 18.1. The van der Waals surface area contributed by atoms with Gasteiger partial charge in [0.15, 0.2) is 0 Å². The number of amides is 1. The summed E-state index contributed by atoms with van der Waals surface area (Å²) in [5, 5.41) is 3.49. The molecular formula is C21H16ClN3O. The van der Waals surface area contributed by atoms with Gasteiger partial charge in [-0.3, -0.25) is 4.79 Å². The molecule has 26 heavy (non-hydrogen) atoms. The molecule has 4 aromatic rings. The van der Waals surface area contributed by atoms with Crippen LogP contribution in [0.5, 0.6) is 0 Å². The van der Waals surface area contributed by atoms with Gasteiger partial charge in [0.05, 0.1) is 5.69 Å². The van der Waals surface area contributed by atoms with Gasteiger partial charge in [-0.15, -0.1) is 0 Å². The third kappa shape index (κ3) is 3.19. The number of carbonyl (C=O) groups is 1. The molecule has 0 fully saturated rings. The van der Waals surface area contributed by atoms with Crippen LogP contribution in [0.15, 0.2) is 73.1 Å². The van der Waals surface area contributed by atoms with Crippen molar-refractivity contribution in [3.63, 3.8) is 0 Å². The van der Waals surface area contributed by atoms with Gasteiger partial charge in [-0.2, -0.15) is 0 Å². The number of anilines is 1. The predicted molar refractivity (Wildman–Crippen MR) is 105 cm³/mol. The number of carbonyl (C=O) groups excluding carboxylic acids is 1. The SMILES string of the molecule is Cc1ccc(NC(=O)c2ccn3cc(-c4ccccc4)nc3c2)cc1Cl. The van der Waals surface area contributed by atoms with Gasteiger partial charge in [0.2, 0.25) is 0 Å². The third-order valence-corrected chi connectivity index (χ3v) is 4.63. The second-order valence-electron chi connectivity index (χ2n) is 6.09. The lowest BCUT2D eigenvalue weighted by atomic mass is 10.2. The summed E-state index contributed by atoms with van der Waals surface area (Å²) < 4.78 is 1.90. The number of halogens is 1. The highest BCUT2D eigenvalue weighted by Gasteiger charge is 2.10. The normalized spacial score (nSPS) is 10.8. The Kier molecular flexibility index (Phi) is 4.19. The number of aromatic nitrogens is 2. The molecule has 128 valence electrons. The molecule has 0 aliphatic rings. The Morgan fingerprint density at radius 2 is 1.88 bits per heavy atom. The molecular weight excluding hydrogens is 346 g/mol. The van der Waals surface area contributed by atoms with Crippen LogP contribution in [0.2, 0.25) is 5.02 Å². The van der Waals surface area contributed by atoms with E-state index in [0.717, 1.165) is 22.5 Å². The Morgan fingerprint density at radius 3 is 2.65 bits per heavy atom. The van der Waals surface area contributed by atoms with E-state index < -0.39 is 0 Å². The van der Waals surface area contributed by atoms with Crippen LogP contribution < -0.4 is 5.32 Å². The van der Waals surface area contributed by atoms with Gasteiger partial charge in [-0.25, -0.2) is 4.98 Å². The number of aryl methyl sites for hydroxylation is 1. The first-order chi connectivity index (χ1) is 12.6. The average Bonchev–Trinajstić information content (AvgIpc) is 3.09. The molecule has 1 amide bonds. The second kappa shape index (κ2) is 6.65. The zero-order valence-electron chi connectivity index (χ0n) is 14.1. The largest absolute Gasteiger partial charge is 0.322 e. The van der Waals surface area contributed by atoms with E-state index in [4.69, 9.17) is 11.6 Å². The van der Waals surface area contributed by atoms with E-state index in [1.54, 1.807) is 18.2 Å². The number of imidazole rings is 1. The van der Waals surface area contributed by atoms with Crippen molar-refractivity contribution in [2.24, 2.45) is 0 Å². The number of nitrogens with zero attached hydrogens (tertiary/aromatic N) is 2. The van der Waals surface area contributed by atoms with Crippen molar-refractivity contribution in [1.29, 1.82) is 0 Å². The molecule has 2 aromatic carbocycles. The first-order valence-electron chi connectivity index (χ1n) is 8.22. The van der Waals surface area contributed by atoms with Gasteiger partial charge in [-0.05, 0) is 36.8 Å². The van der Waals surface area contributed by atoms with E-state index in [-0.39, 0.29) is 5.91 Å². The van der Waals surface area contributed by atoms with Crippen molar-refractivity contribution in [3.8, 4) is 11.3 Å². The lowest BCUT2D eigenvalue weighted by Gasteiger charge is -2.07. The molecule has 5 heteroatoms. The van der Waals surface area contributed by atoms with E-state index in [9.17, 15) is 4.79 Å². The number of fused-ring (bicyclic) bond motifs is 1. The van der Waals surface area contributed by atoms with Crippen LogP contribution in [-0.2, 0) is 0 Å². The summed E-state index contributed by atoms with van der Waals surface area (Å²) in [6.07, 6.45) is 3.79. The van der Waals surface area contributed by atoms with Crippen molar-refractivity contribution in [1.82, 2.24) is 9.38 Å². The van der Waals surface area contributed by atoms with Crippen molar-refractivity contribution < 1.29 is 4.79 Å². The Bertz CT molecular complexity index is 1100. The molecule has 4 nitrogen and oxygen atoms in total. The maximum Gasteiger partial charge on any atom is 0.255 e. The monoisotopic (exact) mass is 361 g/mol. The number of rotatable bonds is 3. The van der Waals surface area contributed by atoms with Gasteiger partial charge >= 0.3 is 0 Å². The van der Waals surface area contributed by atoms with Gasteiger partial charge < -0.3 is 9.72 Å². The van der Waals surface area contributed by atoms with Crippen LogP contribution in [0.4, 0.5) is 5.69 Å². The fourth-order valence-electron chi connectivity index (χ4n) is 2.75. The van der Waals surface area contributed by atoms with Crippen LogP contribution in [0.1, 0.15) is 15.9 Å². The molecule has 0 atom stereocenters. The Labute approximate surface area is 156 Å². The molecule has 0 radical (unpaired) electrons. The fourth-order valence-corrected chi connectivity index (χ4v) is 2.93.